The monoisotopic (exact) mass is 373 g/mol. The Balaban J connectivity index is 1.69. The zero-order valence-corrected chi connectivity index (χ0v) is 14.4. The maximum Gasteiger partial charge on any atom is 0.312 e. The van der Waals surface area contributed by atoms with E-state index < -0.39 is 17.9 Å². The fourth-order valence-corrected chi connectivity index (χ4v) is 3.24. The van der Waals surface area contributed by atoms with Gasteiger partial charge in [-0.2, -0.15) is 5.10 Å². The Hall–Kier alpha value is -3.20. The van der Waals surface area contributed by atoms with Crippen LogP contribution in [-0.4, -0.2) is 21.7 Å². The van der Waals surface area contributed by atoms with Crippen LogP contribution < -0.4 is 16.4 Å². The van der Waals surface area contributed by atoms with E-state index in [9.17, 15) is 14.0 Å². The molecule has 3 amide bonds. The molecule has 134 valence electrons. The van der Waals surface area contributed by atoms with Gasteiger partial charge in [0.2, 0.25) is 5.91 Å². The molecule has 3 rings (SSSR count). The minimum Gasteiger partial charge on any atom is -0.352 e. The molecule has 0 saturated carbocycles. The van der Waals surface area contributed by atoms with Gasteiger partial charge < -0.3 is 16.4 Å². The number of aromatic nitrogens is 2. The van der Waals surface area contributed by atoms with Gasteiger partial charge in [0.25, 0.3) is 0 Å². The number of amides is 3. The molecule has 4 N–H and O–H groups in total. The summed E-state index contributed by atoms with van der Waals surface area (Å²) >= 11 is 1.40. The summed E-state index contributed by atoms with van der Waals surface area (Å²) < 4.78 is 15.6. The van der Waals surface area contributed by atoms with Crippen molar-refractivity contribution in [3.63, 3.8) is 0 Å². The van der Waals surface area contributed by atoms with Crippen molar-refractivity contribution in [3.8, 4) is 5.69 Å². The number of nitrogens with one attached hydrogen (secondary N) is 2. The van der Waals surface area contributed by atoms with E-state index in [0.29, 0.717) is 5.69 Å². The highest BCUT2D eigenvalue weighted by Gasteiger charge is 2.19. The smallest absolute Gasteiger partial charge is 0.312 e. The lowest BCUT2D eigenvalue weighted by Gasteiger charge is -2.16. The van der Waals surface area contributed by atoms with Crippen molar-refractivity contribution >= 4 is 29.0 Å². The third-order valence-corrected chi connectivity index (χ3v) is 4.56. The van der Waals surface area contributed by atoms with E-state index in [-0.39, 0.29) is 18.0 Å². The number of primary amides is 1. The number of hydrogen-bond donors (Lipinski definition) is 3. The van der Waals surface area contributed by atoms with Crippen molar-refractivity contribution in [1.29, 1.82) is 0 Å². The standard InChI is InChI=1S/C17H16FN5O2S/c18-12-9-11(4-5-14(12)23-7-2-6-20-23)21-16(24)10-13(22-17(19)25)15-3-1-8-26-15/h1-9,13H,10H2,(H,21,24)(H3,19,22,25). The Labute approximate surface area is 152 Å². The maximum atomic E-state index is 14.2. The number of nitrogens with two attached hydrogens (primary N) is 1. The minimum absolute atomic E-state index is 0.0218. The number of benzene rings is 1. The Kier molecular flexibility index (Phi) is 5.28. The van der Waals surface area contributed by atoms with Crippen LogP contribution in [0.1, 0.15) is 17.3 Å². The number of carbonyl (C=O) groups is 2. The Morgan fingerprint density at radius 3 is 2.77 bits per heavy atom. The second-order valence-corrected chi connectivity index (χ2v) is 6.42. The highest BCUT2D eigenvalue weighted by Crippen LogP contribution is 2.23. The van der Waals surface area contributed by atoms with Crippen molar-refractivity contribution in [2.24, 2.45) is 5.73 Å². The first-order valence-electron chi connectivity index (χ1n) is 7.71. The number of hydrogen-bond acceptors (Lipinski definition) is 4. The van der Waals surface area contributed by atoms with Crippen LogP contribution >= 0.6 is 11.3 Å². The first-order valence-corrected chi connectivity index (χ1v) is 8.59. The van der Waals surface area contributed by atoms with Crippen LogP contribution in [0.25, 0.3) is 5.69 Å². The van der Waals surface area contributed by atoms with Crippen LogP contribution in [0.15, 0.2) is 54.2 Å². The van der Waals surface area contributed by atoms with Gasteiger partial charge in [-0.3, -0.25) is 4.79 Å². The van der Waals surface area contributed by atoms with Crippen LogP contribution in [0, 0.1) is 5.82 Å². The number of carbonyl (C=O) groups excluding carboxylic acids is 2. The molecule has 3 aromatic rings. The lowest BCUT2D eigenvalue weighted by Crippen LogP contribution is -2.34. The van der Waals surface area contributed by atoms with Crippen LogP contribution in [-0.2, 0) is 4.79 Å². The molecule has 9 heteroatoms. The molecule has 1 aromatic carbocycles. The lowest BCUT2D eigenvalue weighted by atomic mass is 10.1. The first-order chi connectivity index (χ1) is 12.5. The summed E-state index contributed by atoms with van der Waals surface area (Å²) in [4.78, 5) is 24.3. The van der Waals surface area contributed by atoms with Crippen LogP contribution in [0.2, 0.25) is 0 Å². The highest BCUT2D eigenvalue weighted by atomic mass is 32.1. The van der Waals surface area contributed by atoms with E-state index in [1.54, 1.807) is 30.6 Å². The zero-order valence-electron chi connectivity index (χ0n) is 13.6. The predicted octanol–water partition coefficient (Wildman–Crippen LogP) is 2.81. The molecule has 1 unspecified atom stereocenters. The molecule has 0 aliphatic heterocycles. The first kappa shape index (κ1) is 17.6. The number of anilines is 1. The van der Waals surface area contributed by atoms with Gasteiger partial charge >= 0.3 is 6.03 Å². The van der Waals surface area contributed by atoms with Gasteiger partial charge in [0.15, 0.2) is 5.82 Å². The van der Waals surface area contributed by atoms with Crippen molar-refractivity contribution in [2.45, 2.75) is 12.5 Å². The maximum absolute atomic E-state index is 14.2. The third-order valence-electron chi connectivity index (χ3n) is 3.58. The zero-order chi connectivity index (χ0) is 18.5. The van der Waals surface area contributed by atoms with Crippen molar-refractivity contribution in [2.75, 3.05) is 5.32 Å². The fourth-order valence-electron chi connectivity index (χ4n) is 2.46. The average molecular weight is 373 g/mol. The minimum atomic E-state index is -0.717. The number of halogens is 1. The van der Waals surface area contributed by atoms with Gasteiger partial charge in [0, 0.05) is 23.0 Å². The molecule has 7 nitrogen and oxygen atoms in total. The summed E-state index contributed by atoms with van der Waals surface area (Å²) in [6, 6.07) is 8.37. The summed E-state index contributed by atoms with van der Waals surface area (Å²) in [6.07, 6.45) is 3.15. The van der Waals surface area contributed by atoms with Crippen LogP contribution in [0.3, 0.4) is 0 Å². The van der Waals surface area contributed by atoms with E-state index in [2.05, 4.69) is 15.7 Å². The van der Waals surface area contributed by atoms with Crippen molar-refractivity contribution in [1.82, 2.24) is 15.1 Å². The normalized spacial score (nSPS) is 11.7. The van der Waals surface area contributed by atoms with Gasteiger partial charge in [-0.25, -0.2) is 13.9 Å². The fraction of sp³-hybridized carbons (Fsp3) is 0.118. The molecule has 0 spiro atoms. The van der Waals surface area contributed by atoms with Gasteiger partial charge in [0.1, 0.15) is 5.69 Å². The molecule has 0 radical (unpaired) electrons. The number of urea groups is 1. The summed E-state index contributed by atoms with van der Waals surface area (Å²) in [5, 5.41) is 11.0. The van der Waals surface area contributed by atoms with E-state index in [0.717, 1.165) is 4.88 Å². The topological polar surface area (TPSA) is 102 Å². The summed E-state index contributed by atoms with van der Waals surface area (Å²) in [7, 11) is 0. The molecule has 2 heterocycles. The van der Waals surface area contributed by atoms with Crippen LogP contribution in [0.5, 0.6) is 0 Å². The number of nitrogens with zero attached hydrogens (tertiary/aromatic N) is 2. The molecule has 1 atom stereocenters. The molecule has 26 heavy (non-hydrogen) atoms. The van der Waals surface area contributed by atoms with Gasteiger partial charge in [-0.05, 0) is 35.7 Å². The summed E-state index contributed by atoms with van der Waals surface area (Å²) in [6.45, 7) is 0. The Morgan fingerprint density at radius 2 is 2.15 bits per heavy atom. The second kappa shape index (κ2) is 7.79. The second-order valence-electron chi connectivity index (χ2n) is 5.45. The quantitative estimate of drug-likeness (QED) is 0.619. The molecular formula is C17H16FN5O2S. The Bertz CT molecular complexity index is 896. The summed E-state index contributed by atoms with van der Waals surface area (Å²) in [5.74, 6) is -0.889. The van der Waals surface area contributed by atoms with E-state index in [1.165, 1.54) is 28.2 Å². The molecule has 0 aliphatic carbocycles. The molecule has 0 aliphatic rings. The molecule has 2 aromatic heterocycles. The number of thiophene rings is 1. The van der Waals surface area contributed by atoms with Gasteiger partial charge in [-0.15, -0.1) is 11.3 Å². The van der Waals surface area contributed by atoms with E-state index in [1.807, 2.05) is 11.4 Å². The Morgan fingerprint density at radius 1 is 1.31 bits per heavy atom. The summed E-state index contributed by atoms with van der Waals surface area (Å²) in [5.41, 5.74) is 5.77. The SMILES string of the molecule is NC(=O)NC(CC(=O)Nc1ccc(-n2cccn2)c(F)c1)c1cccs1. The van der Waals surface area contributed by atoms with Gasteiger partial charge in [-0.1, -0.05) is 6.07 Å². The van der Waals surface area contributed by atoms with E-state index >= 15 is 0 Å². The molecule has 0 saturated heterocycles. The predicted molar refractivity (Wildman–Crippen MR) is 96.5 cm³/mol. The molecule has 0 fully saturated rings. The largest absolute Gasteiger partial charge is 0.352 e. The number of rotatable bonds is 6. The lowest BCUT2D eigenvalue weighted by molar-refractivity contribution is -0.116. The molecule has 0 bridgehead atoms. The molecular weight excluding hydrogens is 357 g/mol. The van der Waals surface area contributed by atoms with Crippen LogP contribution in [0.4, 0.5) is 14.9 Å². The highest BCUT2D eigenvalue weighted by molar-refractivity contribution is 7.10. The third kappa shape index (κ3) is 4.25. The van der Waals surface area contributed by atoms with Crippen molar-refractivity contribution in [3.05, 3.63) is 64.9 Å². The van der Waals surface area contributed by atoms with Crippen molar-refractivity contribution < 1.29 is 14.0 Å². The van der Waals surface area contributed by atoms with E-state index in [4.69, 9.17) is 5.73 Å². The average Bonchev–Trinajstić information content (AvgIpc) is 3.28. The van der Waals surface area contributed by atoms with Gasteiger partial charge in [0.05, 0.1) is 12.5 Å².